The van der Waals surface area contributed by atoms with Crippen molar-refractivity contribution in [2.24, 2.45) is 0 Å². The maximum Gasteiger partial charge on any atom is 0.179 e. The number of halogens is 1. The lowest BCUT2D eigenvalue weighted by molar-refractivity contribution is 0.0950. The van der Waals surface area contributed by atoms with Crippen LogP contribution in [-0.2, 0) is 13.0 Å². The number of nitrogens with one attached hydrogen (secondary N) is 2. The van der Waals surface area contributed by atoms with Crippen molar-refractivity contribution in [2.45, 2.75) is 25.9 Å². The van der Waals surface area contributed by atoms with E-state index in [0.29, 0.717) is 6.54 Å². The number of hydrogen-bond donors (Lipinski definition) is 2. The lowest BCUT2D eigenvalue weighted by Crippen LogP contribution is -2.33. The van der Waals surface area contributed by atoms with Crippen LogP contribution in [0.3, 0.4) is 0 Å². The lowest BCUT2D eigenvalue weighted by atomic mass is 10.0. The summed E-state index contributed by atoms with van der Waals surface area (Å²) in [5.41, 5.74) is 4.14. The summed E-state index contributed by atoms with van der Waals surface area (Å²) in [7, 11) is 0. The highest BCUT2D eigenvalue weighted by Gasteiger charge is 2.18. The number of carbonyl (C=O) groups is 1. The van der Waals surface area contributed by atoms with Gasteiger partial charge < -0.3 is 10.6 Å². The van der Waals surface area contributed by atoms with Crippen LogP contribution in [0, 0.1) is 0 Å². The minimum atomic E-state index is -0.247. The molecular formula is C18H19ClN2O. The Labute approximate surface area is 135 Å². The van der Waals surface area contributed by atoms with Crippen LogP contribution in [0.5, 0.6) is 0 Å². The molecule has 2 aromatic rings. The smallest absolute Gasteiger partial charge is 0.179 e. The normalized spacial score (nSPS) is 14.3. The third-order valence-electron chi connectivity index (χ3n) is 4.05. The first-order chi connectivity index (χ1) is 10.6. The van der Waals surface area contributed by atoms with Gasteiger partial charge in [0.25, 0.3) is 0 Å². The average Bonchev–Trinajstić information content (AvgIpc) is 3.00. The van der Waals surface area contributed by atoms with Crippen LogP contribution in [0.4, 0.5) is 5.69 Å². The van der Waals surface area contributed by atoms with Gasteiger partial charge in [0, 0.05) is 29.4 Å². The molecule has 0 radical (unpaired) electrons. The standard InChI is InChI=1S/C18H19ClN2O/c1-12(21-11-15-4-2-3-5-16(15)19)18(22)14-6-7-17-13(10-14)8-9-20-17/h2-7,10,12,20-21H,8-9,11H2,1H3. The third kappa shape index (κ3) is 3.16. The first kappa shape index (κ1) is 15.1. The van der Waals surface area contributed by atoms with Crippen molar-refractivity contribution in [3.8, 4) is 0 Å². The van der Waals surface area contributed by atoms with Crippen LogP contribution < -0.4 is 10.6 Å². The zero-order chi connectivity index (χ0) is 15.5. The molecule has 1 unspecified atom stereocenters. The van der Waals surface area contributed by atoms with Gasteiger partial charge in [-0.1, -0.05) is 29.8 Å². The molecule has 1 heterocycles. The van der Waals surface area contributed by atoms with Crippen LogP contribution >= 0.6 is 11.6 Å². The predicted molar refractivity (Wildman–Crippen MR) is 90.7 cm³/mol. The summed E-state index contributed by atoms with van der Waals surface area (Å²) >= 11 is 6.14. The van der Waals surface area contributed by atoms with Crippen LogP contribution in [0.1, 0.15) is 28.4 Å². The topological polar surface area (TPSA) is 41.1 Å². The number of hydrogen-bond acceptors (Lipinski definition) is 3. The second-order valence-corrected chi connectivity index (χ2v) is 6.01. The van der Waals surface area contributed by atoms with Gasteiger partial charge in [-0.15, -0.1) is 0 Å². The van der Waals surface area contributed by atoms with E-state index in [1.807, 2.05) is 49.4 Å². The molecule has 0 fully saturated rings. The SMILES string of the molecule is CC(NCc1ccccc1Cl)C(=O)c1ccc2c(c1)CCN2. The van der Waals surface area contributed by atoms with Gasteiger partial charge in [0.2, 0.25) is 0 Å². The van der Waals surface area contributed by atoms with Gasteiger partial charge in [-0.05, 0) is 48.7 Å². The Morgan fingerprint density at radius 1 is 1.32 bits per heavy atom. The number of benzene rings is 2. The second kappa shape index (κ2) is 6.51. The van der Waals surface area contributed by atoms with Crippen molar-refractivity contribution in [2.75, 3.05) is 11.9 Å². The maximum atomic E-state index is 12.5. The minimum Gasteiger partial charge on any atom is -0.384 e. The number of Topliss-reactive ketones (excluding diaryl/α,β-unsaturated/α-hetero) is 1. The largest absolute Gasteiger partial charge is 0.384 e. The van der Waals surface area contributed by atoms with E-state index in [0.717, 1.165) is 34.8 Å². The number of ketones is 1. The average molecular weight is 315 g/mol. The Balaban J connectivity index is 1.66. The number of rotatable bonds is 5. The van der Waals surface area contributed by atoms with E-state index in [1.165, 1.54) is 5.56 Å². The van der Waals surface area contributed by atoms with Gasteiger partial charge in [0.05, 0.1) is 6.04 Å². The van der Waals surface area contributed by atoms with Crippen molar-refractivity contribution >= 4 is 23.1 Å². The van der Waals surface area contributed by atoms with Gasteiger partial charge >= 0.3 is 0 Å². The Hall–Kier alpha value is -1.84. The molecule has 0 spiro atoms. The number of anilines is 1. The van der Waals surface area contributed by atoms with Gasteiger partial charge in [-0.25, -0.2) is 0 Å². The summed E-state index contributed by atoms with van der Waals surface area (Å²) in [6.45, 7) is 3.43. The monoisotopic (exact) mass is 314 g/mol. The first-order valence-electron chi connectivity index (χ1n) is 7.53. The molecule has 0 bridgehead atoms. The highest BCUT2D eigenvalue weighted by atomic mass is 35.5. The van der Waals surface area contributed by atoms with Crippen molar-refractivity contribution in [3.05, 3.63) is 64.2 Å². The van der Waals surface area contributed by atoms with Gasteiger partial charge in [0.1, 0.15) is 0 Å². The molecule has 1 aliphatic heterocycles. The Kier molecular flexibility index (Phi) is 4.46. The Morgan fingerprint density at radius 3 is 2.95 bits per heavy atom. The molecule has 0 aromatic heterocycles. The van der Waals surface area contributed by atoms with Crippen molar-refractivity contribution in [1.82, 2.24) is 5.32 Å². The molecule has 114 valence electrons. The van der Waals surface area contributed by atoms with Crippen LogP contribution in [0.25, 0.3) is 0 Å². The fourth-order valence-corrected chi connectivity index (χ4v) is 2.91. The second-order valence-electron chi connectivity index (χ2n) is 5.61. The molecule has 3 rings (SSSR count). The molecule has 4 heteroatoms. The Morgan fingerprint density at radius 2 is 2.14 bits per heavy atom. The zero-order valence-corrected chi connectivity index (χ0v) is 13.3. The van der Waals surface area contributed by atoms with E-state index in [2.05, 4.69) is 10.6 Å². The van der Waals surface area contributed by atoms with Crippen molar-refractivity contribution in [3.63, 3.8) is 0 Å². The highest BCUT2D eigenvalue weighted by molar-refractivity contribution is 6.31. The lowest BCUT2D eigenvalue weighted by Gasteiger charge is -2.14. The quantitative estimate of drug-likeness (QED) is 0.827. The molecule has 1 atom stereocenters. The molecule has 2 N–H and O–H groups in total. The molecule has 22 heavy (non-hydrogen) atoms. The fraction of sp³-hybridized carbons (Fsp3) is 0.278. The zero-order valence-electron chi connectivity index (χ0n) is 12.5. The van der Waals surface area contributed by atoms with Crippen LogP contribution in [-0.4, -0.2) is 18.4 Å². The van der Waals surface area contributed by atoms with E-state index in [4.69, 9.17) is 11.6 Å². The molecule has 1 aliphatic rings. The van der Waals surface area contributed by atoms with E-state index in [1.54, 1.807) is 0 Å². The van der Waals surface area contributed by atoms with E-state index in [-0.39, 0.29) is 11.8 Å². The van der Waals surface area contributed by atoms with E-state index < -0.39 is 0 Å². The number of carbonyl (C=O) groups excluding carboxylic acids is 1. The fourth-order valence-electron chi connectivity index (χ4n) is 2.71. The van der Waals surface area contributed by atoms with Crippen molar-refractivity contribution in [1.29, 1.82) is 0 Å². The molecule has 3 nitrogen and oxygen atoms in total. The molecule has 0 aliphatic carbocycles. The van der Waals surface area contributed by atoms with E-state index >= 15 is 0 Å². The molecule has 2 aromatic carbocycles. The highest BCUT2D eigenvalue weighted by Crippen LogP contribution is 2.23. The summed E-state index contributed by atoms with van der Waals surface area (Å²) in [5.74, 6) is 0.113. The molecular weight excluding hydrogens is 296 g/mol. The number of fused-ring (bicyclic) bond motifs is 1. The summed E-state index contributed by atoms with van der Waals surface area (Å²) in [6.07, 6.45) is 0.984. The van der Waals surface area contributed by atoms with E-state index in [9.17, 15) is 4.79 Å². The molecule has 0 amide bonds. The maximum absolute atomic E-state index is 12.5. The van der Waals surface area contributed by atoms with Crippen LogP contribution in [0.15, 0.2) is 42.5 Å². The summed E-state index contributed by atoms with van der Waals surface area (Å²) in [5, 5.41) is 7.28. The summed E-state index contributed by atoms with van der Waals surface area (Å²) in [6, 6.07) is 13.3. The van der Waals surface area contributed by atoms with Gasteiger partial charge in [-0.2, -0.15) is 0 Å². The van der Waals surface area contributed by atoms with Crippen molar-refractivity contribution < 1.29 is 4.79 Å². The first-order valence-corrected chi connectivity index (χ1v) is 7.91. The molecule has 0 saturated carbocycles. The summed E-state index contributed by atoms with van der Waals surface area (Å²) < 4.78 is 0. The minimum absolute atomic E-state index is 0.113. The Bertz CT molecular complexity index is 699. The third-order valence-corrected chi connectivity index (χ3v) is 4.42. The van der Waals surface area contributed by atoms with Gasteiger partial charge in [0.15, 0.2) is 5.78 Å². The molecule has 0 saturated heterocycles. The predicted octanol–water partition coefficient (Wildman–Crippen LogP) is 3.67. The van der Waals surface area contributed by atoms with Gasteiger partial charge in [-0.3, -0.25) is 4.79 Å². The van der Waals surface area contributed by atoms with Crippen LogP contribution in [0.2, 0.25) is 5.02 Å². The summed E-state index contributed by atoms with van der Waals surface area (Å²) in [4.78, 5) is 12.5.